The van der Waals surface area contributed by atoms with Crippen LogP contribution in [0.5, 0.6) is 0 Å². The van der Waals surface area contributed by atoms with Crippen molar-refractivity contribution in [3.8, 4) is 0 Å². The number of hydrogen-bond donors (Lipinski definition) is 2. The maximum atomic E-state index is 13.8. The second-order valence-electron chi connectivity index (χ2n) is 4.98. The predicted molar refractivity (Wildman–Crippen MR) is 81.0 cm³/mol. The molecule has 1 saturated heterocycles. The topological polar surface area (TPSA) is 41.3 Å². The highest BCUT2D eigenvalue weighted by molar-refractivity contribution is 7.80. The molecule has 1 aromatic rings. The van der Waals surface area contributed by atoms with Crippen molar-refractivity contribution in [2.75, 3.05) is 31.5 Å². The van der Waals surface area contributed by atoms with Crippen LogP contribution in [0.4, 0.5) is 14.5 Å². The van der Waals surface area contributed by atoms with E-state index in [4.69, 9.17) is 5.73 Å². The Labute approximate surface area is 123 Å². The summed E-state index contributed by atoms with van der Waals surface area (Å²) in [5, 5.41) is 2.93. The highest BCUT2D eigenvalue weighted by Crippen LogP contribution is 2.20. The lowest BCUT2D eigenvalue weighted by molar-refractivity contribution is 0.237. The summed E-state index contributed by atoms with van der Waals surface area (Å²) in [5.74, 6) is -1.91. The molecule has 1 heterocycles. The third kappa shape index (κ3) is 3.64. The van der Waals surface area contributed by atoms with Crippen LogP contribution >= 0.6 is 12.2 Å². The Morgan fingerprint density at radius 1 is 1.20 bits per heavy atom. The number of likely N-dealkylation sites (tertiary alicyclic amines) is 1. The van der Waals surface area contributed by atoms with Crippen LogP contribution in [0.1, 0.15) is 24.8 Å². The standard InChI is InChI=1S/C14H19F2N3S/c15-12-10(14(17)20)4-5-11(13(12)16)18-6-9-19-7-2-1-3-8-19/h4-5,18H,1-3,6-9H2,(H2,17,20). The fraction of sp³-hybridized carbons (Fsp3) is 0.500. The van der Waals surface area contributed by atoms with Crippen molar-refractivity contribution < 1.29 is 8.78 Å². The average molecular weight is 299 g/mol. The first-order valence-corrected chi connectivity index (χ1v) is 7.24. The number of thiocarbonyl (C=S) groups is 1. The van der Waals surface area contributed by atoms with Gasteiger partial charge in [-0.05, 0) is 38.1 Å². The number of rotatable bonds is 5. The molecule has 3 N–H and O–H groups in total. The summed E-state index contributed by atoms with van der Waals surface area (Å²) >= 11 is 4.67. The highest BCUT2D eigenvalue weighted by Gasteiger charge is 2.15. The summed E-state index contributed by atoms with van der Waals surface area (Å²) in [6, 6.07) is 2.88. The zero-order valence-electron chi connectivity index (χ0n) is 11.3. The summed E-state index contributed by atoms with van der Waals surface area (Å²) in [6.07, 6.45) is 3.71. The zero-order chi connectivity index (χ0) is 14.5. The summed E-state index contributed by atoms with van der Waals surface area (Å²) < 4.78 is 27.5. The van der Waals surface area contributed by atoms with Crippen molar-refractivity contribution in [1.82, 2.24) is 4.90 Å². The number of piperidine rings is 1. The molecule has 1 aliphatic heterocycles. The molecule has 0 radical (unpaired) electrons. The predicted octanol–water partition coefficient (Wildman–Crippen LogP) is 2.50. The molecule has 1 fully saturated rings. The fourth-order valence-electron chi connectivity index (χ4n) is 2.41. The minimum atomic E-state index is -0.986. The van der Waals surface area contributed by atoms with Gasteiger partial charge in [0.2, 0.25) is 0 Å². The molecule has 0 aromatic heterocycles. The Morgan fingerprint density at radius 2 is 1.90 bits per heavy atom. The number of benzene rings is 1. The third-order valence-electron chi connectivity index (χ3n) is 3.54. The minimum Gasteiger partial charge on any atom is -0.389 e. The number of nitrogens with two attached hydrogens (primary N) is 1. The van der Waals surface area contributed by atoms with Crippen LogP contribution in [0.25, 0.3) is 0 Å². The van der Waals surface area contributed by atoms with Gasteiger partial charge in [-0.15, -0.1) is 0 Å². The van der Waals surface area contributed by atoms with E-state index in [1.165, 1.54) is 31.4 Å². The van der Waals surface area contributed by atoms with E-state index in [1.54, 1.807) is 0 Å². The first kappa shape index (κ1) is 15.1. The van der Waals surface area contributed by atoms with Crippen LogP contribution in [0, 0.1) is 11.6 Å². The van der Waals surface area contributed by atoms with Gasteiger partial charge in [0.05, 0.1) is 5.69 Å². The summed E-state index contributed by atoms with van der Waals surface area (Å²) in [4.78, 5) is 2.19. The molecule has 0 bridgehead atoms. The lowest BCUT2D eigenvalue weighted by Crippen LogP contribution is -2.33. The molecule has 0 unspecified atom stereocenters. The minimum absolute atomic E-state index is 0.0564. The van der Waals surface area contributed by atoms with Gasteiger partial charge in [0, 0.05) is 18.7 Å². The van der Waals surface area contributed by atoms with E-state index in [9.17, 15) is 8.78 Å². The van der Waals surface area contributed by atoms with Gasteiger partial charge in [-0.25, -0.2) is 8.78 Å². The van der Waals surface area contributed by atoms with Crippen LogP contribution in [0.3, 0.4) is 0 Å². The van der Waals surface area contributed by atoms with Gasteiger partial charge in [-0.3, -0.25) is 0 Å². The molecule has 1 aromatic carbocycles. The smallest absolute Gasteiger partial charge is 0.182 e. The van der Waals surface area contributed by atoms with Gasteiger partial charge in [0.15, 0.2) is 11.6 Å². The van der Waals surface area contributed by atoms with Crippen LogP contribution in [-0.4, -0.2) is 36.1 Å². The van der Waals surface area contributed by atoms with Crippen LogP contribution in [0.2, 0.25) is 0 Å². The van der Waals surface area contributed by atoms with Crippen LogP contribution in [0.15, 0.2) is 12.1 Å². The molecule has 6 heteroatoms. The normalized spacial score (nSPS) is 16.1. The second kappa shape index (κ2) is 6.95. The number of hydrogen-bond acceptors (Lipinski definition) is 3. The second-order valence-corrected chi connectivity index (χ2v) is 5.42. The molecule has 1 aliphatic rings. The Kier molecular flexibility index (Phi) is 5.25. The van der Waals surface area contributed by atoms with Crippen molar-refractivity contribution in [3.05, 3.63) is 29.3 Å². The molecule has 0 amide bonds. The number of nitrogens with one attached hydrogen (secondary N) is 1. The molecule has 2 rings (SSSR count). The van der Waals surface area contributed by atoms with Crippen LogP contribution < -0.4 is 11.1 Å². The van der Waals surface area contributed by atoms with Gasteiger partial charge in [-0.2, -0.15) is 0 Å². The van der Waals surface area contributed by atoms with E-state index in [-0.39, 0.29) is 16.2 Å². The van der Waals surface area contributed by atoms with Crippen molar-refractivity contribution in [1.29, 1.82) is 0 Å². The lowest BCUT2D eigenvalue weighted by Gasteiger charge is -2.26. The van der Waals surface area contributed by atoms with E-state index in [0.717, 1.165) is 19.6 Å². The Morgan fingerprint density at radius 3 is 2.55 bits per heavy atom. The molecule has 0 spiro atoms. The summed E-state index contributed by atoms with van der Waals surface area (Å²) in [5.41, 5.74) is 5.42. The monoisotopic (exact) mass is 299 g/mol. The first-order valence-electron chi connectivity index (χ1n) is 6.83. The highest BCUT2D eigenvalue weighted by atomic mass is 32.1. The SMILES string of the molecule is NC(=S)c1ccc(NCCN2CCCCC2)c(F)c1F. The van der Waals surface area contributed by atoms with Gasteiger partial charge in [0.1, 0.15) is 4.99 Å². The average Bonchev–Trinajstić information content (AvgIpc) is 2.44. The van der Waals surface area contributed by atoms with Gasteiger partial charge < -0.3 is 16.0 Å². The Bertz CT molecular complexity index is 488. The number of nitrogens with zero attached hydrogens (tertiary/aromatic N) is 1. The zero-order valence-corrected chi connectivity index (χ0v) is 12.1. The largest absolute Gasteiger partial charge is 0.389 e. The lowest BCUT2D eigenvalue weighted by atomic mass is 10.1. The van der Waals surface area contributed by atoms with E-state index in [1.807, 2.05) is 0 Å². The third-order valence-corrected chi connectivity index (χ3v) is 3.76. The van der Waals surface area contributed by atoms with Crippen LogP contribution in [-0.2, 0) is 0 Å². The number of anilines is 1. The molecule has 110 valence electrons. The summed E-state index contributed by atoms with van der Waals surface area (Å²) in [6.45, 7) is 3.58. The maximum Gasteiger partial charge on any atom is 0.182 e. The van der Waals surface area contributed by atoms with Crippen molar-refractivity contribution in [2.45, 2.75) is 19.3 Å². The quantitative estimate of drug-likeness (QED) is 0.820. The van der Waals surface area contributed by atoms with Gasteiger partial charge >= 0.3 is 0 Å². The van der Waals surface area contributed by atoms with E-state index >= 15 is 0 Å². The molecular formula is C14H19F2N3S. The Hall–Kier alpha value is -1.27. The van der Waals surface area contributed by atoms with E-state index in [2.05, 4.69) is 22.4 Å². The molecule has 0 atom stereocenters. The van der Waals surface area contributed by atoms with Crippen molar-refractivity contribution >= 4 is 22.9 Å². The van der Waals surface area contributed by atoms with Crippen molar-refractivity contribution in [3.63, 3.8) is 0 Å². The Balaban J connectivity index is 1.92. The molecule has 20 heavy (non-hydrogen) atoms. The van der Waals surface area contributed by atoms with Crippen molar-refractivity contribution in [2.24, 2.45) is 5.73 Å². The van der Waals surface area contributed by atoms with Gasteiger partial charge in [-0.1, -0.05) is 18.6 Å². The summed E-state index contributed by atoms with van der Waals surface area (Å²) in [7, 11) is 0. The molecule has 0 saturated carbocycles. The van der Waals surface area contributed by atoms with Gasteiger partial charge in [0.25, 0.3) is 0 Å². The van der Waals surface area contributed by atoms with E-state index in [0.29, 0.717) is 6.54 Å². The molecule has 0 aliphatic carbocycles. The maximum absolute atomic E-state index is 13.8. The number of halogens is 2. The molecule has 3 nitrogen and oxygen atoms in total. The fourth-order valence-corrected chi connectivity index (χ4v) is 2.57. The van der Waals surface area contributed by atoms with E-state index < -0.39 is 11.6 Å². The first-order chi connectivity index (χ1) is 9.59. The molecular weight excluding hydrogens is 280 g/mol.